The van der Waals surface area contributed by atoms with Crippen LogP contribution in [0.25, 0.3) is 5.69 Å². The first kappa shape index (κ1) is 17.6. The van der Waals surface area contributed by atoms with Gasteiger partial charge in [0.25, 0.3) is 0 Å². The maximum atomic E-state index is 12.5. The summed E-state index contributed by atoms with van der Waals surface area (Å²) in [6.07, 6.45) is 0. The van der Waals surface area contributed by atoms with Crippen molar-refractivity contribution in [1.82, 2.24) is 4.57 Å². The third-order valence-electron chi connectivity index (χ3n) is 4.04. The predicted octanol–water partition coefficient (Wildman–Crippen LogP) is 5.76. The van der Waals surface area contributed by atoms with Crippen LogP contribution in [-0.4, -0.2) is 10.5 Å². The molecule has 0 atom stereocenters. The van der Waals surface area contributed by atoms with E-state index in [1.54, 1.807) is 18.2 Å². The second-order valence-electron chi connectivity index (χ2n) is 5.77. The highest BCUT2D eigenvalue weighted by Gasteiger charge is 2.18. The molecule has 3 aromatic rings. The number of ether oxygens (including phenoxy) is 1. The van der Waals surface area contributed by atoms with Crippen LogP contribution in [0.4, 0.5) is 0 Å². The minimum atomic E-state index is -0.374. The molecular weight excluding hydrogens is 357 g/mol. The Labute approximate surface area is 156 Å². The van der Waals surface area contributed by atoms with E-state index >= 15 is 0 Å². The molecule has 2 aromatic carbocycles. The van der Waals surface area contributed by atoms with Crippen molar-refractivity contribution in [3.63, 3.8) is 0 Å². The quantitative estimate of drug-likeness (QED) is 0.544. The van der Waals surface area contributed by atoms with Gasteiger partial charge in [0.05, 0.1) is 5.56 Å². The topological polar surface area (TPSA) is 31.2 Å². The first-order chi connectivity index (χ1) is 12.0. The van der Waals surface area contributed by atoms with E-state index in [2.05, 4.69) is 0 Å². The largest absolute Gasteiger partial charge is 0.457 e. The van der Waals surface area contributed by atoms with Crippen LogP contribution >= 0.6 is 23.2 Å². The molecule has 25 heavy (non-hydrogen) atoms. The fraction of sp³-hybridized carbons (Fsp3) is 0.150. The molecule has 3 rings (SSSR count). The van der Waals surface area contributed by atoms with Crippen LogP contribution in [0.15, 0.2) is 54.6 Å². The van der Waals surface area contributed by atoms with Gasteiger partial charge in [0.15, 0.2) is 0 Å². The van der Waals surface area contributed by atoms with Crippen molar-refractivity contribution in [2.45, 2.75) is 20.5 Å². The van der Waals surface area contributed by atoms with Gasteiger partial charge < -0.3 is 9.30 Å². The standard InChI is InChI=1S/C20H17Cl2NO2/c1-13-10-18(14(2)23(13)17-6-4-3-5-7-17)20(24)25-12-15-8-9-16(21)11-19(15)22/h3-11H,12H2,1-2H3. The number of rotatable bonds is 4. The number of nitrogens with zero attached hydrogens (tertiary/aromatic N) is 1. The lowest BCUT2D eigenvalue weighted by molar-refractivity contribution is 0.0472. The van der Waals surface area contributed by atoms with Gasteiger partial charge in [0.2, 0.25) is 0 Å². The number of carbonyl (C=O) groups excluding carboxylic acids is 1. The number of benzene rings is 2. The molecule has 0 unspecified atom stereocenters. The highest BCUT2D eigenvalue weighted by Crippen LogP contribution is 2.24. The van der Waals surface area contributed by atoms with E-state index in [9.17, 15) is 4.79 Å². The maximum absolute atomic E-state index is 12.5. The molecule has 1 aromatic heterocycles. The van der Waals surface area contributed by atoms with Gasteiger partial charge in [-0.2, -0.15) is 0 Å². The molecule has 0 radical (unpaired) electrons. The average Bonchev–Trinajstić information content (AvgIpc) is 2.89. The van der Waals surface area contributed by atoms with E-state index in [0.717, 1.165) is 22.6 Å². The number of aromatic nitrogens is 1. The number of para-hydroxylation sites is 1. The van der Waals surface area contributed by atoms with E-state index < -0.39 is 0 Å². The molecule has 0 aliphatic rings. The Morgan fingerprint density at radius 2 is 1.76 bits per heavy atom. The lowest BCUT2D eigenvalue weighted by atomic mass is 10.2. The van der Waals surface area contributed by atoms with Crippen molar-refractivity contribution in [2.75, 3.05) is 0 Å². The minimum absolute atomic E-state index is 0.101. The summed E-state index contributed by atoms with van der Waals surface area (Å²) in [5.74, 6) is -0.374. The first-order valence-corrected chi connectivity index (χ1v) is 8.58. The van der Waals surface area contributed by atoms with Crippen molar-refractivity contribution in [2.24, 2.45) is 0 Å². The molecule has 0 saturated heterocycles. The van der Waals surface area contributed by atoms with E-state index in [1.165, 1.54) is 0 Å². The molecule has 0 amide bonds. The number of hydrogen-bond acceptors (Lipinski definition) is 2. The van der Waals surface area contributed by atoms with Crippen LogP contribution in [0.2, 0.25) is 10.0 Å². The molecule has 0 bridgehead atoms. The highest BCUT2D eigenvalue weighted by atomic mass is 35.5. The molecule has 5 heteroatoms. The number of halogens is 2. The van der Waals surface area contributed by atoms with Crippen LogP contribution in [0.1, 0.15) is 27.3 Å². The molecular formula is C20H17Cl2NO2. The first-order valence-electron chi connectivity index (χ1n) is 7.83. The van der Waals surface area contributed by atoms with E-state index in [4.69, 9.17) is 27.9 Å². The summed E-state index contributed by atoms with van der Waals surface area (Å²) in [5, 5.41) is 1.03. The summed E-state index contributed by atoms with van der Waals surface area (Å²) in [7, 11) is 0. The number of hydrogen-bond donors (Lipinski definition) is 0. The van der Waals surface area contributed by atoms with Crippen LogP contribution in [0.5, 0.6) is 0 Å². The number of esters is 1. The van der Waals surface area contributed by atoms with Crippen LogP contribution in [0.3, 0.4) is 0 Å². The van der Waals surface area contributed by atoms with Crippen LogP contribution in [-0.2, 0) is 11.3 Å². The van der Waals surface area contributed by atoms with E-state index in [1.807, 2.05) is 54.8 Å². The zero-order valence-corrected chi connectivity index (χ0v) is 15.4. The highest BCUT2D eigenvalue weighted by molar-refractivity contribution is 6.35. The Hall–Kier alpha value is -2.23. The normalized spacial score (nSPS) is 10.7. The third kappa shape index (κ3) is 3.73. The van der Waals surface area contributed by atoms with Gasteiger partial charge >= 0.3 is 5.97 Å². The predicted molar refractivity (Wildman–Crippen MR) is 101 cm³/mol. The van der Waals surface area contributed by atoms with Crippen molar-refractivity contribution < 1.29 is 9.53 Å². The van der Waals surface area contributed by atoms with Gasteiger partial charge in [-0.1, -0.05) is 47.5 Å². The fourth-order valence-corrected chi connectivity index (χ4v) is 3.27. The molecule has 128 valence electrons. The van der Waals surface area contributed by atoms with E-state index in [0.29, 0.717) is 15.6 Å². The van der Waals surface area contributed by atoms with Crippen molar-refractivity contribution >= 4 is 29.2 Å². The summed E-state index contributed by atoms with van der Waals surface area (Å²) >= 11 is 12.0. The Morgan fingerprint density at radius 3 is 2.44 bits per heavy atom. The summed E-state index contributed by atoms with van der Waals surface area (Å²) in [5.41, 5.74) is 4.09. The molecule has 0 aliphatic heterocycles. The lowest BCUT2D eigenvalue weighted by Gasteiger charge is -2.10. The zero-order valence-electron chi connectivity index (χ0n) is 13.9. The maximum Gasteiger partial charge on any atom is 0.340 e. The van der Waals surface area contributed by atoms with Crippen LogP contribution < -0.4 is 0 Å². The van der Waals surface area contributed by atoms with Crippen molar-refractivity contribution in [1.29, 1.82) is 0 Å². The lowest BCUT2D eigenvalue weighted by Crippen LogP contribution is -2.07. The van der Waals surface area contributed by atoms with Gasteiger partial charge in [-0.25, -0.2) is 4.79 Å². The Kier molecular flexibility index (Phi) is 5.16. The minimum Gasteiger partial charge on any atom is -0.457 e. The number of aryl methyl sites for hydroxylation is 1. The average molecular weight is 374 g/mol. The Morgan fingerprint density at radius 1 is 1.04 bits per heavy atom. The van der Waals surface area contributed by atoms with Gasteiger partial charge in [-0.3, -0.25) is 0 Å². The number of carbonyl (C=O) groups is 1. The Balaban J connectivity index is 1.81. The summed E-state index contributed by atoms with van der Waals surface area (Å²) in [4.78, 5) is 12.5. The monoisotopic (exact) mass is 373 g/mol. The molecule has 0 spiro atoms. The Bertz CT molecular complexity index is 917. The van der Waals surface area contributed by atoms with E-state index in [-0.39, 0.29) is 12.6 Å². The summed E-state index contributed by atoms with van der Waals surface area (Å²) in [6, 6.07) is 16.8. The van der Waals surface area contributed by atoms with Gasteiger partial charge in [-0.15, -0.1) is 0 Å². The third-order valence-corrected chi connectivity index (χ3v) is 4.63. The molecule has 3 nitrogen and oxygen atoms in total. The van der Waals surface area contributed by atoms with Crippen LogP contribution in [0, 0.1) is 13.8 Å². The SMILES string of the molecule is Cc1cc(C(=O)OCc2ccc(Cl)cc2Cl)c(C)n1-c1ccccc1. The smallest absolute Gasteiger partial charge is 0.340 e. The van der Waals surface area contributed by atoms with Gasteiger partial charge in [-0.05, 0) is 44.2 Å². The van der Waals surface area contributed by atoms with Gasteiger partial charge in [0, 0.05) is 32.7 Å². The molecule has 0 N–H and O–H groups in total. The second-order valence-corrected chi connectivity index (χ2v) is 6.61. The van der Waals surface area contributed by atoms with Crippen molar-refractivity contribution in [3.05, 3.63) is 87.2 Å². The molecule has 0 saturated carbocycles. The molecule has 0 aliphatic carbocycles. The fourth-order valence-electron chi connectivity index (χ4n) is 2.80. The summed E-state index contributed by atoms with van der Waals surface area (Å²) in [6.45, 7) is 3.97. The van der Waals surface area contributed by atoms with Gasteiger partial charge in [0.1, 0.15) is 6.61 Å². The molecule has 1 heterocycles. The summed E-state index contributed by atoms with van der Waals surface area (Å²) < 4.78 is 7.47. The zero-order chi connectivity index (χ0) is 18.0. The van der Waals surface area contributed by atoms with Crippen molar-refractivity contribution in [3.8, 4) is 5.69 Å². The molecule has 0 fully saturated rings. The second kappa shape index (κ2) is 7.34.